The van der Waals surface area contributed by atoms with E-state index in [1.54, 1.807) is 6.07 Å². The summed E-state index contributed by atoms with van der Waals surface area (Å²) in [6.07, 6.45) is 1.93. The molecule has 0 radical (unpaired) electrons. The van der Waals surface area contributed by atoms with Crippen LogP contribution in [0.5, 0.6) is 0 Å². The molecule has 0 saturated carbocycles. The van der Waals surface area contributed by atoms with Gasteiger partial charge in [0.25, 0.3) is 0 Å². The molecule has 1 fully saturated rings. The van der Waals surface area contributed by atoms with Gasteiger partial charge in [-0.3, -0.25) is 4.79 Å². The summed E-state index contributed by atoms with van der Waals surface area (Å²) in [6.45, 7) is 1.48. The molecule has 1 aliphatic heterocycles. The maximum Gasteiger partial charge on any atom is 0.442 e. The fourth-order valence-electron chi connectivity index (χ4n) is 2.18. The van der Waals surface area contributed by atoms with Crippen LogP contribution in [0, 0.1) is 5.82 Å². The number of amides is 1. The second-order valence-corrected chi connectivity index (χ2v) is 5.65. The molecule has 1 aromatic carbocycles. The van der Waals surface area contributed by atoms with Gasteiger partial charge in [0, 0.05) is 13.1 Å². The van der Waals surface area contributed by atoms with E-state index in [2.05, 4.69) is 5.32 Å². The number of carbonyl (C=O) groups is 1. The Balaban J connectivity index is 2.09. The lowest BCUT2D eigenvalue weighted by molar-refractivity contribution is -0.114. The number of alkyl halides is 3. The van der Waals surface area contributed by atoms with Crippen molar-refractivity contribution in [1.29, 1.82) is 0 Å². The molecule has 0 aliphatic carbocycles. The Morgan fingerprint density at radius 2 is 1.95 bits per heavy atom. The normalized spacial score (nSPS) is 15.3. The standard InChI is InChI=1S/C13H14F4N2OS/c14-9-4-3-5-10(19-6-1-2-7-19)12(9)18-11(20)8-21-13(15,16)17/h3-5H,1-2,6-8H2,(H,18,20). The second-order valence-electron chi connectivity index (χ2n) is 4.61. The Morgan fingerprint density at radius 1 is 1.29 bits per heavy atom. The van der Waals surface area contributed by atoms with Gasteiger partial charge in [0.05, 0.1) is 11.4 Å². The maximum atomic E-state index is 13.9. The zero-order valence-corrected chi connectivity index (χ0v) is 11.9. The van der Waals surface area contributed by atoms with E-state index in [-0.39, 0.29) is 5.69 Å². The Kier molecular flexibility index (Phi) is 4.97. The number of nitrogens with one attached hydrogen (secondary N) is 1. The van der Waals surface area contributed by atoms with E-state index in [1.807, 2.05) is 4.90 Å². The molecule has 3 nitrogen and oxygen atoms in total. The molecule has 0 aromatic heterocycles. The Bertz CT molecular complexity index is 515. The quantitative estimate of drug-likeness (QED) is 0.860. The van der Waals surface area contributed by atoms with Crippen molar-refractivity contribution >= 4 is 29.0 Å². The lowest BCUT2D eigenvalue weighted by atomic mass is 10.2. The van der Waals surface area contributed by atoms with Crippen LogP contribution < -0.4 is 10.2 Å². The van der Waals surface area contributed by atoms with Gasteiger partial charge in [0.2, 0.25) is 5.91 Å². The minimum atomic E-state index is -4.48. The molecule has 1 aromatic rings. The van der Waals surface area contributed by atoms with Crippen LogP contribution in [0.2, 0.25) is 0 Å². The van der Waals surface area contributed by atoms with E-state index >= 15 is 0 Å². The van der Waals surface area contributed by atoms with Crippen LogP contribution in [-0.2, 0) is 4.79 Å². The highest BCUT2D eigenvalue weighted by molar-refractivity contribution is 8.00. The monoisotopic (exact) mass is 322 g/mol. The smallest absolute Gasteiger partial charge is 0.370 e. The van der Waals surface area contributed by atoms with Gasteiger partial charge < -0.3 is 10.2 Å². The number of halogens is 4. The summed E-state index contributed by atoms with van der Waals surface area (Å²) in [5.41, 5.74) is -4.02. The van der Waals surface area contributed by atoms with Crippen molar-refractivity contribution in [3.05, 3.63) is 24.0 Å². The van der Waals surface area contributed by atoms with Crippen molar-refractivity contribution in [2.24, 2.45) is 0 Å². The average Bonchev–Trinajstić information content (AvgIpc) is 2.92. The summed E-state index contributed by atoms with van der Waals surface area (Å²) in [7, 11) is 0. The van der Waals surface area contributed by atoms with Crippen molar-refractivity contribution in [3.63, 3.8) is 0 Å². The molecule has 8 heteroatoms. The first kappa shape index (κ1) is 15.9. The van der Waals surface area contributed by atoms with Crippen LogP contribution in [0.3, 0.4) is 0 Å². The number of anilines is 2. The molecular formula is C13H14F4N2OS. The van der Waals surface area contributed by atoms with Crippen molar-refractivity contribution in [3.8, 4) is 0 Å². The van der Waals surface area contributed by atoms with E-state index in [9.17, 15) is 22.4 Å². The molecule has 1 amide bonds. The summed E-state index contributed by atoms with van der Waals surface area (Å²) < 4.78 is 50.0. The summed E-state index contributed by atoms with van der Waals surface area (Å²) in [5.74, 6) is -2.32. The van der Waals surface area contributed by atoms with E-state index in [1.165, 1.54) is 12.1 Å². The van der Waals surface area contributed by atoms with Crippen molar-refractivity contribution in [1.82, 2.24) is 0 Å². The van der Waals surface area contributed by atoms with E-state index in [0.717, 1.165) is 25.9 Å². The number of benzene rings is 1. The minimum absolute atomic E-state index is 0.0489. The topological polar surface area (TPSA) is 32.3 Å². The summed E-state index contributed by atoms with van der Waals surface area (Å²) in [4.78, 5) is 13.5. The highest BCUT2D eigenvalue weighted by Crippen LogP contribution is 2.33. The molecule has 0 spiro atoms. The van der Waals surface area contributed by atoms with Gasteiger partial charge in [0.1, 0.15) is 11.5 Å². The predicted octanol–water partition coefficient (Wildman–Crippen LogP) is 3.62. The third-order valence-electron chi connectivity index (χ3n) is 3.07. The minimum Gasteiger partial charge on any atom is -0.370 e. The highest BCUT2D eigenvalue weighted by Gasteiger charge is 2.29. The van der Waals surface area contributed by atoms with Crippen LogP contribution in [0.25, 0.3) is 0 Å². The molecule has 1 heterocycles. The number of hydrogen-bond acceptors (Lipinski definition) is 3. The van der Waals surface area contributed by atoms with Gasteiger partial charge in [0.15, 0.2) is 0 Å². The van der Waals surface area contributed by atoms with E-state index < -0.39 is 34.7 Å². The van der Waals surface area contributed by atoms with E-state index in [4.69, 9.17) is 0 Å². The molecule has 2 rings (SSSR count). The van der Waals surface area contributed by atoms with Gasteiger partial charge in [-0.15, -0.1) is 0 Å². The van der Waals surface area contributed by atoms with Crippen molar-refractivity contribution in [2.45, 2.75) is 18.3 Å². The van der Waals surface area contributed by atoms with Gasteiger partial charge in [-0.25, -0.2) is 4.39 Å². The Labute approximate surface area is 123 Å². The summed E-state index contributed by atoms with van der Waals surface area (Å²) in [6, 6.07) is 4.34. The lowest BCUT2D eigenvalue weighted by Crippen LogP contribution is -2.23. The first-order valence-corrected chi connectivity index (χ1v) is 7.39. The van der Waals surface area contributed by atoms with Gasteiger partial charge in [-0.1, -0.05) is 6.07 Å². The first-order chi connectivity index (χ1) is 9.87. The van der Waals surface area contributed by atoms with Crippen LogP contribution in [0.1, 0.15) is 12.8 Å². The van der Waals surface area contributed by atoms with Gasteiger partial charge in [-0.05, 0) is 36.7 Å². The number of nitrogens with zero attached hydrogens (tertiary/aromatic N) is 1. The number of hydrogen-bond donors (Lipinski definition) is 1. The van der Waals surface area contributed by atoms with Crippen LogP contribution in [-0.4, -0.2) is 30.3 Å². The van der Waals surface area contributed by atoms with Gasteiger partial charge >= 0.3 is 5.51 Å². The molecule has 0 atom stereocenters. The third kappa shape index (κ3) is 4.52. The number of rotatable bonds is 4. The fourth-order valence-corrected chi connectivity index (χ4v) is 2.55. The second kappa shape index (κ2) is 6.55. The molecule has 1 aliphatic rings. The predicted molar refractivity (Wildman–Crippen MR) is 75.0 cm³/mol. The number of thioether (sulfide) groups is 1. The Hall–Kier alpha value is -1.44. The largest absolute Gasteiger partial charge is 0.442 e. The lowest BCUT2D eigenvalue weighted by Gasteiger charge is -2.22. The zero-order valence-electron chi connectivity index (χ0n) is 11.0. The van der Waals surface area contributed by atoms with Crippen molar-refractivity contribution < 1.29 is 22.4 Å². The van der Waals surface area contributed by atoms with Crippen LogP contribution in [0.4, 0.5) is 28.9 Å². The third-order valence-corrected chi connectivity index (χ3v) is 3.80. The maximum absolute atomic E-state index is 13.9. The molecule has 0 bridgehead atoms. The molecule has 21 heavy (non-hydrogen) atoms. The zero-order chi connectivity index (χ0) is 15.5. The summed E-state index contributed by atoms with van der Waals surface area (Å²) in [5, 5.41) is 2.25. The van der Waals surface area contributed by atoms with Crippen molar-refractivity contribution in [2.75, 3.05) is 29.1 Å². The molecule has 1 saturated heterocycles. The SMILES string of the molecule is O=C(CSC(F)(F)F)Nc1c(F)cccc1N1CCCC1. The summed E-state index contributed by atoms with van der Waals surface area (Å²) >= 11 is -0.443. The van der Waals surface area contributed by atoms with E-state index in [0.29, 0.717) is 5.69 Å². The number of carbonyl (C=O) groups excluding carboxylic acids is 1. The van der Waals surface area contributed by atoms with Crippen LogP contribution >= 0.6 is 11.8 Å². The van der Waals surface area contributed by atoms with Gasteiger partial charge in [-0.2, -0.15) is 13.2 Å². The molecular weight excluding hydrogens is 308 g/mol. The highest BCUT2D eigenvalue weighted by atomic mass is 32.2. The average molecular weight is 322 g/mol. The molecule has 116 valence electrons. The number of para-hydroxylation sites is 1. The molecule has 0 unspecified atom stereocenters. The Morgan fingerprint density at radius 3 is 2.57 bits per heavy atom. The van der Waals surface area contributed by atoms with Crippen LogP contribution in [0.15, 0.2) is 18.2 Å². The molecule has 1 N–H and O–H groups in total. The first-order valence-electron chi connectivity index (χ1n) is 6.41. The fraction of sp³-hybridized carbons (Fsp3) is 0.462.